The topological polar surface area (TPSA) is 38.7 Å². The molecule has 0 amide bonds. The summed E-state index contributed by atoms with van der Waals surface area (Å²) in [5.41, 5.74) is 3.37. The van der Waals surface area contributed by atoms with Gasteiger partial charge in [-0.05, 0) is 57.9 Å². The molecule has 0 atom stereocenters. The normalized spacial score (nSPS) is 14.7. The molecule has 6 aromatic rings. The minimum Gasteiger partial charge on any atom is -0.305 e. The molecule has 42 heavy (non-hydrogen) atoms. The molecule has 0 bridgehead atoms. The van der Waals surface area contributed by atoms with Gasteiger partial charge in [0.15, 0.2) is 0 Å². The SMILES string of the molecule is [2H]C(C)(C)c1cc(-c2[c-]cccc2)ncc1[Si](C)(C)C.[2H]C([2H])([2H])c1ccc2c(n1)sc1c(-c3cc(C([2H])([2H])[2H])c(F)cn3)[c-]ccc12.[Ir]. The Morgan fingerprint density at radius 1 is 0.929 bits per heavy atom. The fourth-order valence-corrected chi connectivity index (χ4v) is 7.32. The number of thiophene rings is 1. The van der Waals surface area contributed by atoms with Gasteiger partial charge in [0.2, 0.25) is 0 Å². The number of aromatic nitrogens is 3. The molecular weight excluding hydrogens is 734 g/mol. The molecule has 0 saturated carbocycles. The standard InChI is InChI=1S/C18H12FN2S.C17H22NSi.Ir/c1-10-8-16(20-9-15(10)19)14-5-3-4-12-13-7-6-11(2)21-18(13)22-17(12)14;1-13(2)15-11-16(14-9-7-6-8-10-14)18-12-17(15)19(3,4)5;/h3-4,6-9H,1-2H3;6-9,11-13H,1-5H3;/q2*-1;/i1D3,2D3;13D;. The van der Waals surface area contributed by atoms with Crippen molar-refractivity contribution in [2.75, 3.05) is 0 Å². The maximum absolute atomic E-state index is 13.9. The van der Waals surface area contributed by atoms with E-state index in [-0.39, 0.29) is 31.5 Å². The van der Waals surface area contributed by atoms with Gasteiger partial charge in [0, 0.05) is 41.6 Å². The Labute approximate surface area is 276 Å². The summed E-state index contributed by atoms with van der Waals surface area (Å²) in [5.74, 6) is -1.50. The summed E-state index contributed by atoms with van der Waals surface area (Å²) >= 11 is 1.26. The largest absolute Gasteiger partial charge is 0.305 e. The van der Waals surface area contributed by atoms with Gasteiger partial charge in [-0.3, -0.25) is 0 Å². The van der Waals surface area contributed by atoms with Crippen LogP contribution in [0.1, 0.15) is 46.2 Å². The van der Waals surface area contributed by atoms with Crippen LogP contribution in [0.15, 0.2) is 73.1 Å². The zero-order valence-corrected chi connectivity index (χ0v) is 28.1. The summed E-state index contributed by atoms with van der Waals surface area (Å²) in [6.07, 6.45) is 2.87. The van der Waals surface area contributed by atoms with Gasteiger partial charge in [-0.2, -0.15) is 11.3 Å². The molecule has 0 unspecified atom stereocenters. The zero-order chi connectivity index (χ0) is 35.2. The Bertz CT molecular complexity index is 2110. The zero-order valence-electron chi connectivity index (χ0n) is 30.9. The number of pyridine rings is 3. The summed E-state index contributed by atoms with van der Waals surface area (Å²) in [5, 5.41) is 2.87. The number of aryl methyl sites for hydroxylation is 2. The van der Waals surface area contributed by atoms with Gasteiger partial charge < -0.3 is 9.97 Å². The predicted octanol–water partition coefficient (Wildman–Crippen LogP) is 9.28. The van der Waals surface area contributed by atoms with Crippen molar-refractivity contribution in [3.05, 3.63) is 108 Å². The Hall–Kier alpha value is -3.09. The molecule has 0 aliphatic carbocycles. The van der Waals surface area contributed by atoms with Crippen LogP contribution in [0.4, 0.5) is 4.39 Å². The summed E-state index contributed by atoms with van der Waals surface area (Å²) in [4.78, 5) is 13.5. The smallest absolute Gasteiger partial charge is 0.142 e. The van der Waals surface area contributed by atoms with Crippen LogP contribution in [0.5, 0.6) is 0 Å². The first kappa shape index (κ1) is 23.4. The first-order valence-electron chi connectivity index (χ1n) is 16.6. The number of fused-ring (bicyclic) bond motifs is 3. The van der Waals surface area contributed by atoms with Crippen LogP contribution < -0.4 is 5.19 Å². The van der Waals surface area contributed by atoms with E-state index in [2.05, 4.69) is 52.8 Å². The molecule has 6 rings (SSSR count). The third-order valence-corrected chi connectivity index (χ3v) is 9.79. The Kier molecular flexibility index (Phi) is 7.26. The molecule has 217 valence electrons. The molecule has 0 fully saturated rings. The van der Waals surface area contributed by atoms with Crippen molar-refractivity contribution in [1.82, 2.24) is 15.0 Å². The van der Waals surface area contributed by atoms with E-state index in [4.69, 9.17) is 9.60 Å². The van der Waals surface area contributed by atoms with E-state index in [0.29, 0.717) is 10.4 Å². The molecule has 1 radical (unpaired) electrons. The summed E-state index contributed by atoms with van der Waals surface area (Å²) in [7, 11) is -1.50. The van der Waals surface area contributed by atoms with E-state index in [1.165, 1.54) is 28.7 Å². The molecular formula is C35H34FIrN3SSi-2. The van der Waals surface area contributed by atoms with E-state index in [0.717, 1.165) is 38.5 Å². The number of hydrogen-bond acceptors (Lipinski definition) is 4. The van der Waals surface area contributed by atoms with E-state index in [9.17, 15) is 4.39 Å². The molecule has 3 nitrogen and oxygen atoms in total. The molecule has 0 saturated heterocycles. The van der Waals surface area contributed by atoms with Crippen molar-refractivity contribution in [3.8, 4) is 22.5 Å². The van der Waals surface area contributed by atoms with Crippen molar-refractivity contribution in [2.45, 2.75) is 53.1 Å². The second kappa shape index (κ2) is 13.0. The van der Waals surface area contributed by atoms with Crippen LogP contribution in [-0.2, 0) is 20.1 Å². The van der Waals surface area contributed by atoms with Crippen molar-refractivity contribution in [3.63, 3.8) is 0 Å². The summed E-state index contributed by atoms with van der Waals surface area (Å²) in [6.45, 7) is 5.88. The van der Waals surface area contributed by atoms with E-state index < -0.39 is 39.1 Å². The van der Waals surface area contributed by atoms with Crippen molar-refractivity contribution in [2.24, 2.45) is 0 Å². The fourth-order valence-electron chi connectivity index (χ4n) is 4.55. The average Bonchev–Trinajstić information content (AvgIpc) is 3.38. The van der Waals surface area contributed by atoms with E-state index >= 15 is 0 Å². The molecule has 0 aliphatic rings. The number of hydrogen-bond donors (Lipinski definition) is 0. The second-order valence-electron chi connectivity index (χ2n) is 10.9. The van der Waals surface area contributed by atoms with Gasteiger partial charge >= 0.3 is 0 Å². The number of nitrogens with zero attached hydrogens (tertiary/aromatic N) is 3. The number of halogens is 1. The monoisotopic (exact) mass is 775 g/mol. The van der Waals surface area contributed by atoms with Crippen LogP contribution in [0.3, 0.4) is 0 Å². The minimum absolute atomic E-state index is 0. The van der Waals surface area contributed by atoms with Crippen LogP contribution in [0.25, 0.3) is 42.8 Å². The molecule has 4 aromatic heterocycles. The maximum atomic E-state index is 13.9. The van der Waals surface area contributed by atoms with E-state index in [1.54, 1.807) is 12.1 Å². The van der Waals surface area contributed by atoms with Crippen LogP contribution >= 0.6 is 11.3 Å². The molecule has 7 heteroatoms. The van der Waals surface area contributed by atoms with Crippen LogP contribution in [-0.4, -0.2) is 23.0 Å². The second-order valence-corrected chi connectivity index (χ2v) is 17.0. The molecule has 0 N–H and O–H groups in total. The molecule has 0 spiro atoms. The van der Waals surface area contributed by atoms with Crippen molar-refractivity contribution >= 4 is 44.9 Å². The van der Waals surface area contributed by atoms with E-state index in [1.807, 2.05) is 50.4 Å². The fraction of sp³-hybridized carbons (Fsp3) is 0.229. The van der Waals surface area contributed by atoms with Gasteiger partial charge in [0.05, 0.1) is 14.3 Å². The van der Waals surface area contributed by atoms with Gasteiger partial charge in [-0.15, -0.1) is 59.7 Å². The first-order valence-corrected chi connectivity index (χ1v) is 17.5. The molecule has 2 aromatic carbocycles. The van der Waals surface area contributed by atoms with Gasteiger partial charge in [0.25, 0.3) is 0 Å². The van der Waals surface area contributed by atoms with Gasteiger partial charge in [-0.1, -0.05) is 62.6 Å². The minimum atomic E-state index is -2.61. The number of benzene rings is 2. The maximum Gasteiger partial charge on any atom is 0.142 e. The Morgan fingerprint density at radius 3 is 2.43 bits per heavy atom. The first-order chi connectivity index (χ1) is 22.2. The third kappa shape index (κ3) is 6.76. The average molecular weight is 775 g/mol. The van der Waals surface area contributed by atoms with Crippen molar-refractivity contribution in [1.29, 1.82) is 0 Å². The summed E-state index contributed by atoms with van der Waals surface area (Å²) in [6, 6.07) is 24.1. The summed E-state index contributed by atoms with van der Waals surface area (Å²) < 4.78 is 68.2. The van der Waals surface area contributed by atoms with Gasteiger partial charge in [-0.25, -0.2) is 9.37 Å². The predicted molar refractivity (Wildman–Crippen MR) is 174 cm³/mol. The number of rotatable bonds is 4. The Balaban J connectivity index is 0.000000229. The third-order valence-electron chi connectivity index (χ3n) is 6.65. The quantitative estimate of drug-likeness (QED) is 0.133. The van der Waals surface area contributed by atoms with Gasteiger partial charge in [0.1, 0.15) is 10.6 Å². The van der Waals surface area contributed by atoms with Crippen LogP contribution in [0, 0.1) is 31.7 Å². The molecule has 4 heterocycles. The Morgan fingerprint density at radius 2 is 1.74 bits per heavy atom. The van der Waals surface area contributed by atoms with Crippen LogP contribution in [0.2, 0.25) is 19.6 Å². The molecule has 0 aliphatic heterocycles. The van der Waals surface area contributed by atoms with Crippen molar-refractivity contribution < 1.29 is 34.1 Å².